The Labute approximate surface area is 163 Å². The number of ether oxygens (including phenoxy) is 1. The molecular formula is C22H22FN3O2. The Bertz CT molecular complexity index is 985. The highest BCUT2D eigenvalue weighted by molar-refractivity contribution is 5.94. The van der Waals surface area contributed by atoms with Gasteiger partial charge >= 0.3 is 0 Å². The maximum absolute atomic E-state index is 14.3. The van der Waals surface area contributed by atoms with Crippen LogP contribution in [0.4, 0.5) is 4.39 Å². The number of para-hydroxylation sites is 1. The van der Waals surface area contributed by atoms with Crippen LogP contribution in [0.5, 0.6) is 0 Å². The first-order valence-electron chi connectivity index (χ1n) is 9.40. The van der Waals surface area contributed by atoms with Crippen molar-refractivity contribution >= 4 is 5.91 Å². The number of carbonyl (C=O) groups excluding carboxylic acids is 1. The van der Waals surface area contributed by atoms with E-state index in [-0.39, 0.29) is 17.8 Å². The summed E-state index contributed by atoms with van der Waals surface area (Å²) in [6.45, 7) is 0.334. The van der Waals surface area contributed by atoms with Gasteiger partial charge < -0.3 is 10.1 Å². The van der Waals surface area contributed by atoms with E-state index in [1.165, 1.54) is 6.07 Å². The summed E-state index contributed by atoms with van der Waals surface area (Å²) in [6, 6.07) is 16.2. The zero-order valence-corrected chi connectivity index (χ0v) is 15.7. The molecular weight excluding hydrogens is 357 g/mol. The lowest BCUT2D eigenvalue weighted by atomic mass is 10.1. The molecule has 4 rings (SSSR count). The summed E-state index contributed by atoms with van der Waals surface area (Å²) >= 11 is 0. The van der Waals surface area contributed by atoms with Crippen molar-refractivity contribution in [3.8, 4) is 5.69 Å². The summed E-state index contributed by atoms with van der Waals surface area (Å²) in [4.78, 5) is 12.8. The van der Waals surface area contributed by atoms with E-state index < -0.39 is 0 Å². The SMILES string of the molecule is COC(CNC(=O)c1nn(-c2ccccc2F)c2c1CCC2)c1ccccc1. The van der Waals surface area contributed by atoms with Crippen LogP contribution in [0.1, 0.15) is 39.8 Å². The molecule has 3 aromatic rings. The Morgan fingerprint density at radius 2 is 1.93 bits per heavy atom. The molecule has 1 aliphatic rings. The Balaban J connectivity index is 1.57. The number of aromatic nitrogens is 2. The lowest BCUT2D eigenvalue weighted by Gasteiger charge is -2.16. The topological polar surface area (TPSA) is 56.1 Å². The van der Waals surface area contributed by atoms with Crippen molar-refractivity contribution in [3.63, 3.8) is 0 Å². The van der Waals surface area contributed by atoms with Crippen molar-refractivity contribution in [2.24, 2.45) is 0 Å². The van der Waals surface area contributed by atoms with Gasteiger partial charge in [-0.3, -0.25) is 4.79 Å². The standard InChI is InChI=1S/C22H22FN3O2/c1-28-20(15-8-3-2-4-9-15)14-24-22(27)21-16-10-7-13-18(16)26(25-21)19-12-6-5-11-17(19)23/h2-6,8-9,11-12,20H,7,10,13-14H2,1H3,(H,24,27). The smallest absolute Gasteiger partial charge is 0.272 e. The highest BCUT2D eigenvalue weighted by atomic mass is 19.1. The van der Waals surface area contributed by atoms with Crippen LogP contribution in [0.2, 0.25) is 0 Å². The monoisotopic (exact) mass is 379 g/mol. The Hall–Kier alpha value is -2.99. The fourth-order valence-corrected chi connectivity index (χ4v) is 3.72. The van der Waals surface area contributed by atoms with Gasteiger partial charge in [0.25, 0.3) is 5.91 Å². The van der Waals surface area contributed by atoms with Crippen LogP contribution in [0.15, 0.2) is 54.6 Å². The van der Waals surface area contributed by atoms with E-state index in [9.17, 15) is 9.18 Å². The molecule has 1 aliphatic carbocycles. The minimum Gasteiger partial charge on any atom is -0.375 e. The van der Waals surface area contributed by atoms with Gasteiger partial charge in [-0.2, -0.15) is 5.10 Å². The third kappa shape index (κ3) is 3.43. The second-order valence-corrected chi connectivity index (χ2v) is 6.84. The normalized spacial score (nSPS) is 13.9. The maximum atomic E-state index is 14.3. The van der Waals surface area contributed by atoms with Gasteiger partial charge in [0.05, 0.1) is 6.10 Å². The molecule has 1 atom stereocenters. The second-order valence-electron chi connectivity index (χ2n) is 6.84. The number of methoxy groups -OCH3 is 1. The molecule has 1 unspecified atom stereocenters. The van der Waals surface area contributed by atoms with Gasteiger partial charge in [0.2, 0.25) is 0 Å². The summed E-state index contributed by atoms with van der Waals surface area (Å²) in [7, 11) is 1.62. The first kappa shape index (κ1) is 18.4. The molecule has 0 aliphatic heterocycles. The Morgan fingerprint density at radius 3 is 2.68 bits per heavy atom. The Morgan fingerprint density at radius 1 is 1.18 bits per heavy atom. The predicted molar refractivity (Wildman–Crippen MR) is 104 cm³/mol. The molecule has 0 radical (unpaired) electrons. The maximum Gasteiger partial charge on any atom is 0.272 e. The fraction of sp³-hybridized carbons (Fsp3) is 0.273. The summed E-state index contributed by atoms with van der Waals surface area (Å²) in [5, 5.41) is 7.39. The van der Waals surface area contributed by atoms with Crippen molar-refractivity contribution in [3.05, 3.63) is 82.9 Å². The number of fused-ring (bicyclic) bond motifs is 1. The van der Waals surface area contributed by atoms with Crippen molar-refractivity contribution in [1.82, 2.24) is 15.1 Å². The number of carbonyl (C=O) groups is 1. The summed E-state index contributed by atoms with van der Waals surface area (Å²) in [5.41, 5.74) is 3.57. The number of amides is 1. The number of benzene rings is 2. The molecule has 0 bridgehead atoms. The molecule has 5 nitrogen and oxygen atoms in total. The highest BCUT2D eigenvalue weighted by Crippen LogP contribution is 2.28. The number of hydrogen-bond donors (Lipinski definition) is 1. The number of nitrogens with one attached hydrogen (secondary N) is 1. The van der Waals surface area contributed by atoms with Gasteiger partial charge in [-0.25, -0.2) is 9.07 Å². The zero-order valence-electron chi connectivity index (χ0n) is 15.7. The van der Waals surface area contributed by atoms with Gasteiger partial charge in [0.1, 0.15) is 11.5 Å². The minimum atomic E-state index is -0.352. The van der Waals surface area contributed by atoms with E-state index >= 15 is 0 Å². The molecule has 144 valence electrons. The minimum absolute atomic E-state index is 0.244. The van der Waals surface area contributed by atoms with Crippen molar-refractivity contribution in [2.75, 3.05) is 13.7 Å². The molecule has 0 fully saturated rings. The average molecular weight is 379 g/mol. The van der Waals surface area contributed by atoms with Crippen LogP contribution in [-0.2, 0) is 17.6 Å². The molecule has 1 heterocycles. The first-order chi connectivity index (χ1) is 13.7. The number of nitrogens with zero attached hydrogens (tertiary/aromatic N) is 2. The van der Waals surface area contributed by atoms with E-state index in [0.29, 0.717) is 17.9 Å². The lowest BCUT2D eigenvalue weighted by Crippen LogP contribution is -2.30. The van der Waals surface area contributed by atoms with Crippen LogP contribution in [0.25, 0.3) is 5.69 Å². The van der Waals surface area contributed by atoms with E-state index in [0.717, 1.165) is 36.1 Å². The van der Waals surface area contributed by atoms with E-state index in [1.54, 1.807) is 30.0 Å². The summed E-state index contributed by atoms with van der Waals surface area (Å²) in [5.74, 6) is -0.610. The average Bonchev–Trinajstić information content (AvgIpc) is 3.32. The molecule has 1 amide bonds. The number of halogens is 1. The largest absolute Gasteiger partial charge is 0.375 e. The number of hydrogen-bond acceptors (Lipinski definition) is 3. The molecule has 0 saturated carbocycles. The van der Waals surface area contributed by atoms with Crippen molar-refractivity contribution in [1.29, 1.82) is 0 Å². The van der Waals surface area contributed by atoms with Crippen LogP contribution in [0, 0.1) is 5.82 Å². The zero-order chi connectivity index (χ0) is 19.5. The van der Waals surface area contributed by atoms with E-state index in [1.807, 2.05) is 30.3 Å². The van der Waals surface area contributed by atoms with Crippen LogP contribution in [0.3, 0.4) is 0 Å². The summed E-state index contributed by atoms with van der Waals surface area (Å²) in [6.07, 6.45) is 2.26. The second kappa shape index (κ2) is 7.94. The van der Waals surface area contributed by atoms with Crippen LogP contribution in [-0.4, -0.2) is 29.3 Å². The highest BCUT2D eigenvalue weighted by Gasteiger charge is 2.28. The van der Waals surface area contributed by atoms with Crippen molar-refractivity contribution in [2.45, 2.75) is 25.4 Å². The van der Waals surface area contributed by atoms with Gasteiger partial charge in [0.15, 0.2) is 5.69 Å². The van der Waals surface area contributed by atoms with E-state index in [4.69, 9.17) is 4.74 Å². The molecule has 1 N–H and O–H groups in total. The summed E-state index contributed by atoms with van der Waals surface area (Å²) < 4.78 is 21.4. The fourth-order valence-electron chi connectivity index (χ4n) is 3.72. The predicted octanol–water partition coefficient (Wildman–Crippen LogP) is 3.62. The van der Waals surface area contributed by atoms with Crippen LogP contribution >= 0.6 is 0 Å². The van der Waals surface area contributed by atoms with Gasteiger partial charge in [-0.05, 0) is 37.0 Å². The number of rotatable bonds is 6. The molecule has 0 saturated heterocycles. The van der Waals surface area contributed by atoms with Crippen LogP contribution < -0.4 is 5.32 Å². The first-order valence-corrected chi connectivity index (χ1v) is 9.40. The molecule has 0 spiro atoms. The molecule has 6 heteroatoms. The van der Waals surface area contributed by atoms with Gasteiger partial charge in [0, 0.05) is 24.9 Å². The third-order valence-corrected chi connectivity index (χ3v) is 5.13. The van der Waals surface area contributed by atoms with E-state index in [2.05, 4.69) is 10.4 Å². The van der Waals surface area contributed by atoms with Crippen molar-refractivity contribution < 1.29 is 13.9 Å². The van der Waals surface area contributed by atoms with Gasteiger partial charge in [-0.15, -0.1) is 0 Å². The quantitative estimate of drug-likeness (QED) is 0.712. The molecule has 1 aromatic heterocycles. The Kier molecular flexibility index (Phi) is 5.21. The molecule has 28 heavy (non-hydrogen) atoms. The third-order valence-electron chi connectivity index (χ3n) is 5.13. The lowest BCUT2D eigenvalue weighted by molar-refractivity contribution is 0.0823. The molecule has 2 aromatic carbocycles. The van der Waals surface area contributed by atoms with Gasteiger partial charge in [-0.1, -0.05) is 42.5 Å².